The molecule has 154 valence electrons. The van der Waals surface area contributed by atoms with E-state index in [0.717, 1.165) is 29.2 Å². The zero-order chi connectivity index (χ0) is 20.2. The van der Waals surface area contributed by atoms with Gasteiger partial charge in [0, 0.05) is 33.8 Å². The van der Waals surface area contributed by atoms with Gasteiger partial charge in [0.25, 0.3) is 10.0 Å². The van der Waals surface area contributed by atoms with Crippen molar-refractivity contribution in [1.29, 1.82) is 0 Å². The number of hydrogen-bond acceptors (Lipinski definition) is 8. The molecule has 0 spiro atoms. The largest absolute Gasteiger partial charge is 0.377 e. The van der Waals surface area contributed by atoms with Crippen LogP contribution in [0.4, 0.5) is 9.93 Å². The monoisotopic (exact) mass is 421 g/mol. The minimum Gasteiger partial charge on any atom is -0.377 e. The van der Waals surface area contributed by atoms with Gasteiger partial charge in [0.15, 0.2) is 0 Å². The van der Waals surface area contributed by atoms with Gasteiger partial charge >= 0.3 is 6.03 Å². The van der Waals surface area contributed by atoms with Gasteiger partial charge in [-0.25, -0.2) is 18.3 Å². The van der Waals surface area contributed by atoms with Crippen LogP contribution in [0.25, 0.3) is 0 Å². The second-order valence-corrected chi connectivity index (χ2v) is 9.50. The van der Waals surface area contributed by atoms with Crippen LogP contribution in [0.15, 0.2) is 4.34 Å². The lowest BCUT2D eigenvalue weighted by Crippen LogP contribution is -2.40. The molecule has 0 N–H and O–H groups in total. The maximum Gasteiger partial charge on any atom is 0.349 e. The normalized spacial score (nSPS) is 17.7. The fourth-order valence-corrected chi connectivity index (χ4v) is 5.18. The van der Waals surface area contributed by atoms with Crippen LogP contribution in [0.2, 0.25) is 0 Å². The van der Waals surface area contributed by atoms with Crippen molar-refractivity contribution in [3.63, 3.8) is 0 Å². The van der Waals surface area contributed by atoms with Gasteiger partial charge in [-0.05, 0) is 26.7 Å². The van der Waals surface area contributed by atoms with Crippen molar-refractivity contribution in [3.05, 3.63) is 0 Å². The van der Waals surface area contributed by atoms with Crippen LogP contribution in [0.3, 0.4) is 0 Å². The molecular weight excluding hydrogens is 394 g/mol. The highest BCUT2D eigenvalue weighted by molar-refractivity contribution is 7.91. The first-order valence-corrected chi connectivity index (χ1v) is 11.1. The summed E-state index contributed by atoms with van der Waals surface area (Å²) < 4.78 is 32.5. The Morgan fingerprint density at radius 3 is 2.63 bits per heavy atom. The molecule has 2 rings (SSSR count). The van der Waals surface area contributed by atoms with Crippen molar-refractivity contribution in [2.24, 2.45) is 0 Å². The number of rotatable bonds is 8. The molecule has 1 fully saturated rings. The number of amides is 2. The Bertz CT molecular complexity index is 733. The Balaban J connectivity index is 2.13. The van der Waals surface area contributed by atoms with E-state index in [0.29, 0.717) is 13.2 Å². The fourth-order valence-electron chi connectivity index (χ4n) is 2.62. The second kappa shape index (κ2) is 9.24. The van der Waals surface area contributed by atoms with Crippen LogP contribution in [0.5, 0.6) is 0 Å². The number of sulfonamides is 1. The molecule has 12 heteroatoms. The third kappa shape index (κ3) is 5.35. The highest BCUT2D eigenvalue weighted by Crippen LogP contribution is 2.27. The molecule has 2 heterocycles. The minimum atomic E-state index is -3.80. The predicted molar refractivity (Wildman–Crippen MR) is 101 cm³/mol. The molecule has 1 unspecified atom stereocenters. The van der Waals surface area contributed by atoms with Crippen LogP contribution in [-0.4, -0.2) is 80.0 Å². The van der Waals surface area contributed by atoms with Gasteiger partial charge in [0.2, 0.25) is 9.47 Å². The van der Waals surface area contributed by atoms with Crippen LogP contribution in [0.1, 0.15) is 33.6 Å². The van der Waals surface area contributed by atoms with Gasteiger partial charge in [0.05, 0.1) is 12.2 Å². The van der Waals surface area contributed by atoms with Gasteiger partial charge in [-0.2, -0.15) is 4.31 Å². The summed E-state index contributed by atoms with van der Waals surface area (Å²) >= 11 is 0.844. The van der Waals surface area contributed by atoms with Crippen molar-refractivity contribution in [2.45, 2.75) is 50.2 Å². The first kappa shape index (κ1) is 22.0. The number of likely N-dealkylation sites (N-methyl/N-ethyl adjacent to an activating group) is 1. The van der Waals surface area contributed by atoms with Gasteiger partial charge in [-0.15, -0.1) is 10.2 Å². The third-order valence-electron chi connectivity index (χ3n) is 3.95. The second-order valence-electron chi connectivity index (χ2n) is 6.43. The summed E-state index contributed by atoms with van der Waals surface area (Å²) in [5, 5.41) is 8.92. The molecule has 0 radical (unpaired) electrons. The van der Waals surface area contributed by atoms with Crippen molar-refractivity contribution in [3.8, 4) is 0 Å². The average Bonchev–Trinajstić information content (AvgIpc) is 3.29. The molecule has 1 aliphatic rings. The summed E-state index contributed by atoms with van der Waals surface area (Å²) in [7, 11) is -0.827. The lowest BCUT2D eigenvalue weighted by Gasteiger charge is -2.23. The van der Waals surface area contributed by atoms with Crippen LogP contribution >= 0.6 is 11.3 Å². The lowest BCUT2D eigenvalue weighted by atomic mass is 10.2. The highest BCUT2D eigenvalue weighted by atomic mass is 32.2. The van der Waals surface area contributed by atoms with Crippen LogP contribution in [-0.2, 0) is 19.6 Å². The van der Waals surface area contributed by atoms with E-state index in [1.54, 1.807) is 20.8 Å². The minimum absolute atomic E-state index is 0.0989. The maximum atomic E-state index is 12.9. The quantitative estimate of drug-likeness (QED) is 0.463. The molecule has 1 atom stereocenters. The zero-order valence-corrected chi connectivity index (χ0v) is 17.9. The predicted octanol–water partition coefficient (Wildman–Crippen LogP) is 1.56. The summed E-state index contributed by atoms with van der Waals surface area (Å²) in [6.07, 6.45) is 1.50. The van der Waals surface area contributed by atoms with E-state index in [9.17, 15) is 13.2 Å². The van der Waals surface area contributed by atoms with E-state index in [1.165, 1.54) is 23.3 Å². The molecule has 27 heavy (non-hydrogen) atoms. The molecule has 10 nitrogen and oxygen atoms in total. The summed E-state index contributed by atoms with van der Waals surface area (Å²) in [5.41, 5.74) is 0. The maximum absolute atomic E-state index is 12.9. The molecule has 2 amide bonds. The van der Waals surface area contributed by atoms with E-state index in [4.69, 9.17) is 9.57 Å². The summed E-state index contributed by atoms with van der Waals surface area (Å²) in [5.74, 6) is 0. The van der Waals surface area contributed by atoms with E-state index < -0.39 is 16.1 Å². The number of hydrogen-bond donors (Lipinski definition) is 0. The smallest absolute Gasteiger partial charge is 0.349 e. The van der Waals surface area contributed by atoms with Crippen molar-refractivity contribution < 1.29 is 22.8 Å². The molecule has 1 saturated heterocycles. The van der Waals surface area contributed by atoms with Gasteiger partial charge < -0.3 is 4.74 Å². The first-order chi connectivity index (χ1) is 12.7. The Morgan fingerprint density at radius 2 is 2.07 bits per heavy atom. The van der Waals surface area contributed by atoms with Crippen molar-refractivity contribution in [1.82, 2.24) is 19.6 Å². The van der Waals surface area contributed by atoms with Crippen LogP contribution < -0.4 is 4.90 Å². The molecule has 1 aromatic rings. The molecule has 0 aliphatic carbocycles. The van der Waals surface area contributed by atoms with Gasteiger partial charge in [-0.3, -0.25) is 9.74 Å². The number of carbonyl (C=O) groups is 1. The molecule has 0 bridgehead atoms. The molecule has 0 aromatic carbocycles. The SMILES string of the molecule is CCN(CC1CCCO1)S(=O)(=O)c1nnc(N(C)C(=O)N(C)OC(C)C)s1. The molecule has 0 saturated carbocycles. The Kier molecular flexibility index (Phi) is 7.51. The summed E-state index contributed by atoms with van der Waals surface area (Å²) in [6.45, 7) is 6.61. The number of nitrogens with zero attached hydrogens (tertiary/aromatic N) is 5. The van der Waals surface area contributed by atoms with E-state index in [2.05, 4.69) is 10.2 Å². The zero-order valence-electron chi connectivity index (χ0n) is 16.3. The summed E-state index contributed by atoms with van der Waals surface area (Å²) in [4.78, 5) is 18.9. The Morgan fingerprint density at radius 1 is 1.37 bits per heavy atom. The average molecular weight is 422 g/mol. The molecule has 1 aromatic heterocycles. The van der Waals surface area contributed by atoms with E-state index in [1.807, 2.05) is 0 Å². The Labute approximate surface area is 164 Å². The number of anilines is 1. The van der Waals surface area contributed by atoms with Gasteiger partial charge in [0.1, 0.15) is 0 Å². The standard InChI is InChI=1S/C15H27N5O5S2/c1-6-20(10-12-8-7-9-24-12)27(22,23)14-17-16-13(26-14)18(4)15(21)19(5)25-11(2)3/h11-12H,6-10H2,1-5H3. The van der Waals surface area contributed by atoms with Gasteiger partial charge in [-0.1, -0.05) is 18.3 Å². The topological polar surface area (TPSA) is 105 Å². The number of hydroxylamine groups is 2. The Hall–Kier alpha value is -1.34. The van der Waals surface area contributed by atoms with Crippen molar-refractivity contribution in [2.75, 3.05) is 38.7 Å². The number of ether oxygens (including phenoxy) is 1. The van der Waals surface area contributed by atoms with E-state index in [-0.39, 0.29) is 28.2 Å². The van der Waals surface area contributed by atoms with Crippen molar-refractivity contribution >= 4 is 32.5 Å². The van der Waals surface area contributed by atoms with Crippen LogP contribution in [0, 0.1) is 0 Å². The van der Waals surface area contributed by atoms with E-state index >= 15 is 0 Å². The number of aromatic nitrogens is 2. The highest BCUT2D eigenvalue weighted by Gasteiger charge is 2.32. The number of urea groups is 1. The molecular formula is C15H27N5O5S2. The number of carbonyl (C=O) groups excluding carboxylic acids is 1. The third-order valence-corrected chi connectivity index (χ3v) is 7.24. The first-order valence-electron chi connectivity index (χ1n) is 8.80. The molecule has 1 aliphatic heterocycles. The summed E-state index contributed by atoms with van der Waals surface area (Å²) in [6, 6.07) is -0.476. The lowest BCUT2D eigenvalue weighted by molar-refractivity contribution is -0.129. The fraction of sp³-hybridized carbons (Fsp3) is 0.800.